The Hall–Kier alpha value is -0.610. The topological polar surface area (TPSA) is 41.6 Å². The van der Waals surface area contributed by atoms with E-state index < -0.39 is 5.54 Å². The summed E-state index contributed by atoms with van der Waals surface area (Å²) in [7, 11) is 0. The summed E-state index contributed by atoms with van der Waals surface area (Å²) >= 11 is 0. The third-order valence-electron chi connectivity index (χ3n) is 4.65. The van der Waals surface area contributed by atoms with Crippen LogP contribution in [0, 0.1) is 5.41 Å². The standard InChI is InChI=1S/C17H34N2O2/c1-6-18-17(5,15(20)21-7-2)11-14-19-12-8-9-16(3,4)10-13-19/h18H,6-14H2,1-5H3. The molecule has 1 unspecified atom stereocenters. The Morgan fingerprint density at radius 3 is 2.62 bits per heavy atom. The monoisotopic (exact) mass is 298 g/mol. The second-order valence-corrected chi connectivity index (χ2v) is 7.19. The van der Waals surface area contributed by atoms with Crippen molar-refractivity contribution >= 4 is 5.97 Å². The number of nitrogens with zero attached hydrogens (tertiary/aromatic N) is 1. The second-order valence-electron chi connectivity index (χ2n) is 7.19. The SMILES string of the molecule is CCNC(C)(CCN1CCCC(C)(C)CC1)C(=O)OCC. The molecule has 0 aromatic rings. The number of likely N-dealkylation sites (tertiary alicyclic amines) is 1. The zero-order valence-corrected chi connectivity index (χ0v) is 14.6. The first-order valence-corrected chi connectivity index (χ1v) is 8.47. The number of nitrogens with one attached hydrogen (secondary N) is 1. The van der Waals surface area contributed by atoms with Crippen LogP contribution in [0.15, 0.2) is 0 Å². The van der Waals surface area contributed by atoms with Crippen LogP contribution in [-0.2, 0) is 9.53 Å². The molecule has 1 atom stereocenters. The summed E-state index contributed by atoms with van der Waals surface area (Å²) in [4.78, 5) is 14.7. The molecule has 4 heteroatoms. The lowest BCUT2D eigenvalue weighted by atomic mass is 9.85. The van der Waals surface area contributed by atoms with E-state index >= 15 is 0 Å². The van der Waals surface area contributed by atoms with Gasteiger partial charge in [-0.05, 0) is 64.6 Å². The number of carbonyl (C=O) groups excluding carboxylic acids is 1. The van der Waals surface area contributed by atoms with Gasteiger partial charge in [-0.25, -0.2) is 0 Å². The summed E-state index contributed by atoms with van der Waals surface area (Å²) < 4.78 is 5.24. The van der Waals surface area contributed by atoms with Crippen molar-refractivity contribution in [3.8, 4) is 0 Å². The summed E-state index contributed by atoms with van der Waals surface area (Å²) in [5.74, 6) is -0.123. The Morgan fingerprint density at radius 2 is 2.00 bits per heavy atom. The van der Waals surface area contributed by atoms with E-state index in [4.69, 9.17) is 4.74 Å². The molecule has 21 heavy (non-hydrogen) atoms. The molecular formula is C17H34N2O2. The predicted octanol–water partition coefficient (Wildman–Crippen LogP) is 2.82. The maximum atomic E-state index is 12.2. The molecule has 0 amide bonds. The van der Waals surface area contributed by atoms with Gasteiger partial charge in [-0.3, -0.25) is 4.79 Å². The van der Waals surface area contributed by atoms with Crippen LogP contribution in [-0.4, -0.2) is 49.2 Å². The zero-order chi connectivity index (χ0) is 15.9. The Labute approximate surface area is 130 Å². The molecule has 0 radical (unpaired) electrons. The van der Waals surface area contributed by atoms with Crippen molar-refractivity contribution in [1.29, 1.82) is 0 Å². The van der Waals surface area contributed by atoms with Crippen LogP contribution >= 0.6 is 0 Å². The van der Waals surface area contributed by atoms with Gasteiger partial charge in [0.1, 0.15) is 5.54 Å². The average molecular weight is 298 g/mol. The smallest absolute Gasteiger partial charge is 0.326 e. The van der Waals surface area contributed by atoms with Gasteiger partial charge in [0.15, 0.2) is 0 Å². The maximum Gasteiger partial charge on any atom is 0.326 e. The number of rotatable bonds is 7. The van der Waals surface area contributed by atoms with Gasteiger partial charge < -0.3 is 15.0 Å². The molecule has 1 aliphatic heterocycles. The highest BCUT2D eigenvalue weighted by Gasteiger charge is 2.34. The number of hydrogen-bond acceptors (Lipinski definition) is 4. The molecule has 0 aromatic carbocycles. The molecule has 0 bridgehead atoms. The molecule has 1 saturated heterocycles. The lowest BCUT2D eigenvalue weighted by Crippen LogP contribution is -2.52. The van der Waals surface area contributed by atoms with E-state index in [0.29, 0.717) is 12.0 Å². The lowest BCUT2D eigenvalue weighted by Gasteiger charge is -2.31. The van der Waals surface area contributed by atoms with Crippen LogP contribution < -0.4 is 5.32 Å². The van der Waals surface area contributed by atoms with Crippen LogP contribution in [0.4, 0.5) is 0 Å². The van der Waals surface area contributed by atoms with E-state index in [1.807, 2.05) is 20.8 Å². The largest absolute Gasteiger partial charge is 0.465 e. The van der Waals surface area contributed by atoms with E-state index in [9.17, 15) is 4.79 Å². The fourth-order valence-corrected chi connectivity index (χ4v) is 3.03. The molecule has 124 valence electrons. The van der Waals surface area contributed by atoms with E-state index in [1.54, 1.807) is 0 Å². The van der Waals surface area contributed by atoms with Crippen molar-refractivity contribution in [3.63, 3.8) is 0 Å². The Balaban J connectivity index is 2.54. The molecule has 1 heterocycles. The summed E-state index contributed by atoms with van der Waals surface area (Å²) in [6, 6.07) is 0. The number of hydrogen-bond donors (Lipinski definition) is 1. The quantitative estimate of drug-likeness (QED) is 0.734. The number of likely N-dealkylation sites (N-methyl/N-ethyl adjacent to an activating group) is 1. The predicted molar refractivity (Wildman–Crippen MR) is 87.4 cm³/mol. The highest BCUT2D eigenvalue weighted by Crippen LogP contribution is 2.30. The Morgan fingerprint density at radius 1 is 1.29 bits per heavy atom. The minimum absolute atomic E-state index is 0.123. The van der Waals surface area contributed by atoms with Gasteiger partial charge in [0.05, 0.1) is 6.61 Å². The third-order valence-corrected chi connectivity index (χ3v) is 4.65. The van der Waals surface area contributed by atoms with Gasteiger partial charge in [0.25, 0.3) is 0 Å². The van der Waals surface area contributed by atoms with E-state index in [0.717, 1.165) is 32.6 Å². The first-order valence-electron chi connectivity index (χ1n) is 8.47. The van der Waals surface area contributed by atoms with Gasteiger partial charge >= 0.3 is 5.97 Å². The molecule has 1 N–H and O–H groups in total. The molecular weight excluding hydrogens is 264 g/mol. The highest BCUT2D eigenvalue weighted by molar-refractivity contribution is 5.80. The molecule has 0 spiro atoms. The fourth-order valence-electron chi connectivity index (χ4n) is 3.03. The molecule has 0 saturated carbocycles. The number of esters is 1. The van der Waals surface area contributed by atoms with Gasteiger partial charge in [-0.2, -0.15) is 0 Å². The second kappa shape index (κ2) is 8.14. The lowest BCUT2D eigenvalue weighted by molar-refractivity contribution is -0.151. The molecule has 0 aliphatic carbocycles. The minimum atomic E-state index is -0.563. The summed E-state index contributed by atoms with van der Waals surface area (Å²) in [5, 5.41) is 3.31. The van der Waals surface area contributed by atoms with Gasteiger partial charge in [-0.15, -0.1) is 0 Å². The molecule has 0 aromatic heterocycles. The normalized spacial score (nSPS) is 22.3. The van der Waals surface area contributed by atoms with Crippen LogP contribution in [0.5, 0.6) is 0 Å². The number of carbonyl (C=O) groups is 1. The van der Waals surface area contributed by atoms with Crippen molar-refractivity contribution in [2.45, 2.75) is 65.8 Å². The van der Waals surface area contributed by atoms with Gasteiger partial charge in [0, 0.05) is 6.54 Å². The van der Waals surface area contributed by atoms with Gasteiger partial charge in [0.2, 0.25) is 0 Å². The summed E-state index contributed by atoms with van der Waals surface area (Å²) in [5.41, 5.74) is -0.104. The third kappa shape index (κ3) is 5.95. The van der Waals surface area contributed by atoms with Crippen molar-refractivity contribution in [2.24, 2.45) is 5.41 Å². The van der Waals surface area contributed by atoms with Crippen molar-refractivity contribution in [2.75, 3.05) is 32.8 Å². The van der Waals surface area contributed by atoms with Gasteiger partial charge in [-0.1, -0.05) is 20.8 Å². The van der Waals surface area contributed by atoms with E-state index in [1.165, 1.54) is 19.3 Å². The first kappa shape index (κ1) is 18.4. The molecule has 1 aliphatic rings. The minimum Gasteiger partial charge on any atom is -0.465 e. The number of ether oxygens (including phenoxy) is 1. The van der Waals surface area contributed by atoms with Crippen LogP contribution in [0.2, 0.25) is 0 Å². The van der Waals surface area contributed by atoms with Crippen molar-refractivity contribution < 1.29 is 9.53 Å². The Bertz CT molecular complexity index is 331. The molecule has 4 nitrogen and oxygen atoms in total. The summed E-state index contributed by atoms with van der Waals surface area (Å²) in [6.45, 7) is 15.0. The van der Waals surface area contributed by atoms with Crippen molar-refractivity contribution in [3.05, 3.63) is 0 Å². The zero-order valence-electron chi connectivity index (χ0n) is 14.6. The highest BCUT2D eigenvalue weighted by atomic mass is 16.5. The van der Waals surface area contributed by atoms with Crippen LogP contribution in [0.3, 0.4) is 0 Å². The summed E-state index contributed by atoms with van der Waals surface area (Å²) in [6.07, 6.45) is 4.60. The van der Waals surface area contributed by atoms with Crippen LogP contribution in [0.25, 0.3) is 0 Å². The van der Waals surface area contributed by atoms with E-state index in [2.05, 4.69) is 24.1 Å². The maximum absolute atomic E-state index is 12.2. The average Bonchev–Trinajstić information content (AvgIpc) is 2.58. The molecule has 1 rings (SSSR count). The first-order chi connectivity index (χ1) is 9.83. The Kier molecular flexibility index (Phi) is 7.14. The fraction of sp³-hybridized carbons (Fsp3) is 0.941. The van der Waals surface area contributed by atoms with E-state index in [-0.39, 0.29) is 5.97 Å². The van der Waals surface area contributed by atoms with Crippen LogP contribution in [0.1, 0.15) is 60.3 Å². The molecule has 1 fully saturated rings. The van der Waals surface area contributed by atoms with Crippen molar-refractivity contribution in [1.82, 2.24) is 10.2 Å².